The second-order valence-corrected chi connectivity index (χ2v) is 6.46. The second-order valence-electron chi connectivity index (χ2n) is 5.17. The van der Waals surface area contributed by atoms with Crippen LogP contribution in [0.15, 0.2) is 12.1 Å². The molecular formula is C14H22OS. The maximum absolute atomic E-state index is 10.7. The Kier molecular flexibility index (Phi) is 3.70. The molecule has 1 N–H and O–H groups in total. The van der Waals surface area contributed by atoms with Crippen LogP contribution in [0, 0.1) is 12.8 Å². The van der Waals surface area contributed by atoms with Gasteiger partial charge in [-0.1, -0.05) is 19.8 Å². The van der Waals surface area contributed by atoms with E-state index in [1.807, 2.05) is 0 Å². The molecule has 1 nitrogen and oxygen atoms in total. The van der Waals surface area contributed by atoms with Crippen molar-refractivity contribution in [2.24, 2.45) is 5.92 Å². The Morgan fingerprint density at radius 1 is 1.38 bits per heavy atom. The van der Waals surface area contributed by atoms with Gasteiger partial charge >= 0.3 is 0 Å². The molecule has 16 heavy (non-hydrogen) atoms. The van der Waals surface area contributed by atoms with Gasteiger partial charge in [-0.05, 0) is 50.7 Å². The van der Waals surface area contributed by atoms with Crippen LogP contribution in [0.1, 0.15) is 55.2 Å². The van der Waals surface area contributed by atoms with Gasteiger partial charge in [0.2, 0.25) is 0 Å². The van der Waals surface area contributed by atoms with Crippen LogP contribution in [0.2, 0.25) is 0 Å². The van der Waals surface area contributed by atoms with Gasteiger partial charge in [0, 0.05) is 9.75 Å². The zero-order valence-electron chi connectivity index (χ0n) is 10.3. The Bertz CT molecular complexity index is 334. The molecule has 1 aliphatic rings. The van der Waals surface area contributed by atoms with Gasteiger partial charge in [-0.2, -0.15) is 0 Å². The molecule has 0 aromatic carbocycles. The van der Waals surface area contributed by atoms with Gasteiger partial charge in [0.15, 0.2) is 0 Å². The molecule has 1 heterocycles. The van der Waals surface area contributed by atoms with Gasteiger partial charge in [-0.25, -0.2) is 0 Å². The molecule has 0 bridgehead atoms. The van der Waals surface area contributed by atoms with E-state index in [9.17, 15) is 5.11 Å². The SMILES string of the molecule is CCCC1CCC(O)(c2ccc(C)s2)CC1. The first-order chi connectivity index (χ1) is 7.64. The van der Waals surface area contributed by atoms with E-state index in [-0.39, 0.29) is 0 Å². The molecule has 0 atom stereocenters. The molecule has 1 aliphatic carbocycles. The normalized spacial score (nSPS) is 30.6. The van der Waals surface area contributed by atoms with Crippen LogP contribution in [0.4, 0.5) is 0 Å². The van der Waals surface area contributed by atoms with Crippen LogP contribution in [0.25, 0.3) is 0 Å². The molecule has 2 heteroatoms. The zero-order valence-corrected chi connectivity index (χ0v) is 11.1. The van der Waals surface area contributed by atoms with Crippen molar-refractivity contribution in [3.8, 4) is 0 Å². The van der Waals surface area contributed by atoms with E-state index in [0.29, 0.717) is 0 Å². The molecule has 0 aliphatic heterocycles. The van der Waals surface area contributed by atoms with Gasteiger partial charge in [-0.3, -0.25) is 0 Å². The Hall–Kier alpha value is -0.340. The van der Waals surface area contributed by atoms with E-state index in [0.717, 1.165) is 18.8 Å². The highest BCUT2D eigenvalue weighted by molar-refractivity contribution is 7.12. The summed E-state index contributed by atoms with van der Waals surface area (Å²) in [6.45, 7) is 4.36. The Balaban J connectivity index is 2.01. The lowest BCUT2D eigenvalue weighted by atomic mass is 9.76. The number of hydrogen-bond donors (Lipinski definition) is 1. The van der Waals surface area contributed by atoms with E-state index in [4.69, 9.17) is 0 Å². The summed E-state index contributed by atoms with van der Waals surface area (Å²) in [7, 11) is 0. The van der Waals surface area contributed by atoms with Crippen molar-refractivity contribution in [3.63, 3.8) is 0 Å². The molecule has 0 unspecified atom stereocenters. The van der Waals surface area contributed by atoms with Crippen LogP contribution in [-0.2, 0) is 5.60 Å². The van der Waals surface area contributed by atoms with E-state index in [1.165, 1.54) is 35.4 Å². The standard InChI is InChI=1S/C14H22OS/c1-3-4-12-7-9-14(15,10-8-12)13-6-5-11(2)16-13/h5-6,12,15H,3-4,7-10H2,1-2H3. The van der Waals surface area contributed by atoms with Crippen LogP contribution < -0.4 is 0 Å². The predicted octanol–water partition coefficient (Wildman–Crippen LogP) is 4.23. The number of aryl methyl sites for hydroxylation is 1. The summed E-state index contributed by atoms with van der Waals surface area (Å²) in [6, 6.07) is 4.23. The molecule has 1 fully saturated rings. The van der Waals surface area contributed by atoms with Crippen LogP contribution in [0.3, 0.4) is 0 Å². The third kappa shape index (κ3) is 2.49. The summed E-state index contributed by atoms with van der Waals surface area (Å²) in [5.74, 6) is 0.853. The minimum absolute atomic E-state index is 0.511. The molecule has 1 saturated carbocycles. The summed E-state index contributed by atoms with van der Waals surface area (Å²) in [4.78, 5) is 2.49. The summed E-state index contributed by atoms with van der Waals surface area (Å²) >= 11 is 1.76. The molecule has 2 rings (SSSR count). The molecule has 90 valence electrons. The topological polar surface area (TPSA) is 20.2 Å². The fourth-order valence-electron chi connectivity index (χ4n) is 2.78. The molecule has 0 amide bonds. The van der Waals surface area contributed by atoms with E-state index < -0.39 is 5.60 Å². The average molecular weight is 238 g/mol. The van der Waals surface area contributed by atoms with Gasteiger partial charge in [-0.15, -0.1) is 11.3 Å². The average Bonchev–Trinajstić information content (AvgIpc) is 2.70. The lowest BCUT2D eigenvalue weighted by Gasteiger charge is -2.35. The Morgan fingerprint density at radius 2 is 2.06 bits per heavy atom. The first-order valence-corrected chi connectivity index (χ1v) is 7.25. The first kappa shape index (κ1) is 12.1. The summed E-state index contributed by atoms with van der Waals surface area (Å²) < 4.78 is 0. The monoisotopic (exact) mass is 238 g/mol. The fourth-order valence-corrected chi connectivity index (χ4v) is 3.80. The minimum Gasteiger partial charge on any atom is -0.384 e. The summed E-state index contributed by atoms with van der Waals surface area (Å²) in [6.07, 6.45) is 6.92. The summed E-state index contributed by atoms with van der Waals surface area (Å²) in [5.41, 5.74) is -0.511. The Morgan fingerprint density at radius 3 is 2.56 bits per heavy atom. The van der Waals surface area contributed by atoms with E-state index in [2.05, 4.69) is 26.0 Å². The highest BCUT2D eigenvalue weighted by Gasteiger charge is 2.35. The van der Waals surface area contributed by atoms with E-state index in [1.54, 1.807) is 11.3 Å². The summed E-state index contributed by atoms with van der Waals surface area (Å²) in [5, 5.41) is 10.7. The fraction of sp³-hybridized carbons (Fsp3) is 0.714. The van der Waals surface area contributed by atoms with Crippen LogP contribution >= 0.6 is 11.3 Å². The van der Waals surface area contributed by atoms with E-state index >= 15 is 0 Å². The van der Waals surface area contributed by atoms with Crippen LogP contribution in [-0.4, -0.2) is 5.11 Å². The molecule has 0 radical (unpaired) electrons. The second kappa shape index (κ2) is 4.89. The van der Waals surface area contributed by atoms with Crippen molar-refractivity contribution in [2.45, 2.75) is 58.0 Å². The lowest BCUT2D eigenvalue weighted by Crippen LogP contribution is -2.30. The van der Waals surface area contributed by atoms with Crippen molar-refractivity contribution >= 4 is 11.3 Å². The largest absolute Gasteiger partial charge is 0.384 e. The molecule has 0 saturated heterocycles. The first-order valence-electron chi connectivity index (χ1n) is 6.43. The maximum Gasteiger partial charge on any atom is 0.0988 e. The highest BCUT2D eigenvalue weighted by Crippen LogP contribution is 2.42. The third-order valence-corrected chi connectivity index (χ3v) is 5.02. The highest BCUT2D eigenvalue weighted by atomic mass is 32.1. The molecule has 1 aromatic heterocycles. The van der Waals surface area contributed by atoms with Crippen LogP contribution in [0.5, 0.6) is 0 Å². The molecule has 1 aromatic rings. The molecule has 0 spiro atoms. The van der Waals surface area contributed by atoms with Crippen molar-refractivity contribution in [1.29, 1.82) is 0 Å². The van der Waals surface area contributed by atoms with Gasteiger partial charge < -0.3 is 5.11 Å². The van der Waals surface area contributed by atoms with Gasteiger partial charge in [0.25, 0.3) is 0 Å². The number of thiophene rings is 1. The van der Waals surface area contributed by atoms with Gasteiger partial charge in [0.1, 0.15) is 0 Å². The maximum atomic E-state index is 10.7. The number of rotatable bonds is 3. The minimum atomic E-state index is -0.511. The quantitative estimate of drug-likeness (QED) is 0.835. The smallest absolute Gasteiger partial charge is 0.0988 e. The number of aliphatic hydroxyl groups is 1. The van der Waals surface area contributed by atoms with Crippen molar-refractivity contribution in [1.82, 2.24) is 0 Å². The third-order valence-electron chi connectivity index (χ3n) is 3.83. The number of hydrogen-bond acceptors (Lipinski definition) is 2. The Labute approximate surface area is 103 Å². The van der Waals surface area contributed by atoms with Crippen molar-refractivity contribution in [3.05, 3.63) is 21.9 Å². The van der Waals surface area contributed by atoms with Crippen molar-refractivity contribution < 1.29 is 5.11 Å². The zero-order chi connectivity index (χ0) is 11.6. The van der Waals surface area contributed by atoms with Gasteiger partial charge in [0.05, 0.1) is 5.60 Å². The predicted molar refractivity (Wildman–Crippen MR) is 69.8 cm³/mol. The molecular weight excluding hydrogens is 216 g/mol. The lowest BCUT2D eigenvalue weighted by molar-refractivity contribution is -0.0120. The van der Waals surface area contributed by atoms with Crippen molar-refractivity contribution in [2.75, 3.05) is 0 Å².